The van der Waals surface area contributed by atoms with Crippen LogP contribution in [0.25, 0.3) is 4.85 Å². The topological polar surface area (TPSA) is 41.7 Å². The van der Waals surface area contributed by atoms with Crippen LogP contribution in [0.15, 0.2) is 23.8 Å². The number of allylic oxidation sites excluding steroid dienone is 1. The van der Waals surface area contributed by atoms with Gasteiger partial charge in [-0.3, -0.25) is 4.79 Å². The molecule has 0 aliphatic heterocycles. The van der Waals surface area contributed by atoms with Crippen molar-refractivity contribution >= 4 is 5.78 Å². The SMILES string of the molecule is [C-]#[N+][C@@H]1CC=C(CO)C[C@]2(C)C(=O)C=C[C@H]12. The van der Waals surface area contributed by atoms with Gasteiger partial charge in [-0.25, -0.2) is 6.57 Å². The third-order valence-electron chi connectivity index (χ3n) is 3.78. The summed E-state index contributed by atoms with van der Waals surface area (Å²) in [7, 11) is 0. The van der Waals surface area contributed by atoms with Crippen molar-refractivity contribution < 1.29 is 9.90 Å². The molecule has 1 N–H and O–H groups in total. The van der Waals surface area contributed by atoms with E-state index in [1.165, 1.54) is 0 Å². The summed E-state index contributed by atoms with van der Waals surface area (Å²) in [5.41, 5.74) is 0.371. The zero-order valence-electron chi connectivity index (χ0n) is 9.31. The van der Waals surface area contributed by atoms with Crippen molar-refractivity contribution in [3.05, 3.63) is 35.2 Å². The van der Waals surface area contributed by atoms with Gasteiger partial charge in [-0.15, -0.1) is 0 Å². The molecule has 2 aliphatic rings. The Morgan fingerprint density at radius 3 is 3.06 bits per heavy atom. The Hall–Kier alpha value is -1.40. The Bertz CT molecular complexity index is 416. The molecule has 0 saturated carbocycles. The second-order valence-electron chi connectivity index (χ2n) is 4.80. The van der Waals surface area contributed by atoms with Gasteiger partial charge in [0.05, 0.1) is 12.5 Å². The lowest BCUT2D eigenvalue weighted by atomic mass is 9.72. The Morgan fingerprint density at radius 2 is 2.44 bits per heavy atom. The fourth-order valence-corrected chi connectivity index (χ4v) is 2.75. The number of rotatable bonds is 1. The van der Waals surface area contributed by atoms with Crippen LogP contribution in [0.5, 0.6) is 0 Å². The molecule has 0 heterocycles. The molecule has 0 aromatic rings. The molecule has 0 bridgehead atoms. The normalized spacial score (nSPS) is 37.6. The van der Waals surface area contributed by atoms with Gasteiger partial charge in [0.25, 0.3) is 0 Å². The van der Waals surface area contributed by atoms with E-state index in [-0.39, 0.29) is 24.3 Å². The van der Waals surface area contributed by atoms with Crippen LogP contribution >= 0.6 is 0 Å². The molecule has 3 heteroatoms. The molecule has 2 rings (SSSR count). The van der Waals surface area contributed by atoms with Crippen LogP contribution < -0.4 is 0 Å². The lowest BCUT2D eigenvalue weighted by Gasteiger charge is -2.28. The smallest absolute Gasteiger partial charge is 0.234 e. The predicted molar refractivity (Wildman–Crippen MR) is 60.5 cm³/mol. The highest BCUT2D eigenvalue weighted by Gasteiger charge is 2.50. The Balaban J connectivity index is 2.40. The third-order valence-corrected chi connectivity index (χ3v) is 3.78. The molecular weight excluding hydrogens is 202 g/mol. The molecule has 0 radical (unpaired) electrons. The lowest BCUT2D eigenvalue weighted by molar-refractivity contribution is -0.123. The molecular formula is C13H15NO2. The second-order valence-corrected chi connectivity index (χ2v) is 4.80. The average molecular weight is 217 g/mol. The van der Waals surface area contributed by atoms with Crippen molar-refractivity contribution in [1.82, 2.24) is 0 Å². The maximum Gasteiger partial charge on any atom is 0.234 e. The van der Waals surface area contributed by atoms with Crippen molar-refractivity contribution in [2.45, 2.75) is 25.8 Å². The molecule has 84 valence electrons. The second kappa shape index (κ2) is 3.88. The van der Waals surface area contributed by atoms with Crippen molar-refractivity contribution in [3.8, 4) is 0 Å². The minimum Gasteiger partial charge on any atom is -0.392 e. The van der Waals surface area contributed by atoms with Gasteiger partial charge in [-0.1, -0.05) is 19.1 Å². The van der Waals surface area contributed by atoms with Crippen molar-refractivity contribution in [2.24, 2.45) is 11.3 Å². The first-order chi connectivity index (χ1) is 7.61. The summed E-state index contributed by atoms with van der Waals surface area (Å²) < 4.78 is 0. The first kappa shape index (κ1) is 11.1. The van der Waals surface area contributed by atoms with E-state index in [2.05, 4.69) is 4.85 Å². The quantitative estimate of drug-likeness (QED) is 0.537. The first-order valence-electron chi connectivity index (χ1n) is 5.50. The van der Waals surface area contributed by atoms with E-state index >= 15 is 0 Å². The summed E-state index contributed by atoms with van der Waals surface area (Å²) >= 11 is 0. The van der Waals surface area contributed by atoms with E-state index in [1.54, 1.807) is 6.08 Å². The van der Waals surface area contributed by atoms with Crippen LogP contribution in [0, 0.1) is 17.9 Å². The summed E-state index contributed by atoms with van der Waals surface area (Å²) in [5, 5.41) is 9.22. The molecule has 16 heavy (non-hydrogen) atoms. The highest BCUT2D eigenvalue weighted by Crippen LogP contribution is 2.46. The van der Waals surface area contributed by atoms with Gasteiger partial charge in [0.15, 0.2) is 5.78 Å². The molecule has 0 saturated heterocycles. The van der Waals surface area contributed by atoms with E-state index in [9.17, 15) is 9.90 Å². The molecule has 3 nitrogen and oxygen atoms in total. The zero-order valence-corrected chi connectivity index (χ0v) is 9.31. The van der Waals surface area contributed by atoms with Crippen molar-refractivity contribution in [1.29, 1.82) is 0 Å². The molecule has 2 aliphatic carbocycles. The number of hydrogen-bond acceptors (Lipinski definition) is 2. The number of aliphatic hydroxyl groups excluding tert-OH is 1. The number of nitrogens with zero attached hydrogens (tertiary/aromatic N) is 1. The highest BCUT2D eigenvalue weighted by molar-refractivity contribution is 5.98. The number of aliphatic hydroxyl groups is 1. The highest BCUT2D eigenvalue weighted by atomic mass is 16.3. The summed E-state index contributed by atoms with van der Waals surface area (Å²) in [6, 6.07) is -0.170. The maximum atomic E-state index is 11.9. The van der Waals surface area contributed by atoms with Gasteiger partial charge < -0.3 is 9.95 Å². The standard InChI is InChI=1S/C13H15NO2/c1-13-7-9(8-15)3-5-11(14-2)10(13)4-6-12(13)16/h3-4,6,10-11,15H,5,7-8H2,1H3/t10-,11-,13+/m1/s1. The average Bonchev–Trinajstić information content (AvgIpc) is 2.49. The molecule has 0 unspecified atom stereocenters. The van der Waals surface area contributed by atoms with E-state index in [1.807, 2.05) is 19.1 Å². The summed E-state index contributed by atoms with van der Waals surface area (Å²) in [4.78, 5) is 15.5. The summed E-state index contributed by atoms with van der Waals surface area (Å²) in [6.07, 6.45) is 6.61. The third kappa shape index (κ3) is 1.50. The fraction of sp³-hybridized carbons (Fsp3) is 0.538. The molecule has 0 aromatic carbocycles. The van der Waals surface area contributed by atoms with Crippen LogP contribution in [-0.2, 0) is 4.79 Å². The Labute approximate surface area is 95.3 Å². The van der Waals surface area contributed by atoms with Gasteiger partial charge in [-0.2, -0.15) is 0 Å². The number of ketones is 1. The van der Waals surface area contributed by atoms with E-state index < -0.39 is 5.41 Å². The van der Waals surface area contributed by atoms with Crippen LogP contribution in [0.2, 0.25) is 0 Å². The van der Waals surface area contributed by atoms with Gasteiger partial charge in [-0.05, 0) is 18.1 Å². The molecule has 3 atom stereocenters. The molecule has 0 fully saturated rings. The summed E-state index contributed by atoms with van der Waals surface area (Å²) in [6.45, 7) is 9.11. The molecule has 0 spiro atoms. The van der Waals surface area contributed by atoms with Gasteiger partial charge >= 0.3 is 0 Å². The van der Waals surface area contributed by atoms with Gasteiger partial charge in [0, 0.05) is 11.8 Å². The van der Waals surface area contributed by atoms with Crippen LogP contribution in [0.1, 0.15) is 19.8 Å². The molecule has 0 aromatic heterocycles. The van der Waals surface area contributed by atoms with E-state index in [0.29, 0.717) is 12.8 Å². The zero-order chi connectivity index (χ0) is 11.8. The van der Waals surface area contributed by atoms with E-state index in [0.717, 1.165) is 5.57 Å². The predicted octanol–water partition coefficient (Wildman–Crippen LogP) is 1.75. The summed E-state index contributed by atoms with van der Waals surface area (Å²) in [5.74, 6) is 0.0881. The number of hydrogen-bond donors (Lipinski definition) is 1. The van der Waals surface area contributed by atoms with Gasteiger partial charge in [0.2, 0.25) is 6.04 Å². The Morgan fingerprint density at radius 1 is 1.69 bits per heavy atom. The first-order valence-corrected chi connectivity index (χ1v) is 5.50. The fourth-order valence-electron chi connectivity index (χ4n) is 2.75. The van der Waals surface area contributed by atoms with Crippen LogP contribution in [0.3, 0.4) is 0 Å². The minimum atomic E-state index is -0.514. The maximum absolute atomic E-state index is 11.9. The lowest BCUT2D eigenvalue weighted by Crippen LogP contribution is -2.34. The number of carbonyl (C=O) groups is 1. The Kier molecular flexibility index (Phi) is 2.69. The van der Waals surface area contributed by atoms with Crippen LogP contribution in [0.4, 0.5) is 0 Å². The van der Waals surface area contributed by atoms with Crippen LogP contribution in [-0.4, -0.2) is 23.5 Å². The largest absolute Gasteiger partial charge is 0.392 e. The number of carbonyl (C=O) groups excluding carboxylic acids is 1. The molecule has 0 amide bonds. The van der Waals surface area contributed by atoms with Gasteiger partial charge in [0.1, 0.15) is 0 Å². The minimum absolute atomic E-state index is 0.00204. The monoisotopic (exact) mass is 217 g/mol. The van der Waals surface area contributed by atoms with E-state index in [4.69, 9.17) is 6.57 Å². The number of fused-ring (bicyclic) bond motifs is 1. The van der Waals surface area contributed by atoms with Crippen molar-refractivity contribution in [3.63, 3.8) is 0 Å². The van der Waals surface area contributed by atoms with Crippen molar-refractivity contribution in [2.75, 3.05) is 6.61 Å².